The maximum atomic E-state index is 11.3. The van der Waals surface area contributed by atoms with E-state index < -0.39 is 0 Å². The Balaban J connectivity index is 2.65. The third-order valence-corrected chi connectivity index (χ3v) is 1.97. The van der Waals surface area contributed by atoms with Gasteiger partial charge in [-0.2, -0.15) is 4.37 Å². The van der Waals surface area contributed by atoms with E-state index in [2.05, 4.69) is 9.69 Å². The second-order valence-corrected chi connectivity index (χ2v) is 3.96. The molecule has 1 N–H and O–H groups in total. The lowest BCUT2D eigenvalue weighted by molar-refractivity contribution is 0.0939. The summed E-state index contributed by atoms with van der Waals surface area (Å²) in [7, 11) is 0. The van der Waals surface area contributed by atoms with E-state index in [0.29, 0.717) is 5.69 Å². The van der Waals surface area contributed by atoms with Gasteiger partial charge in [-0.3, -0.25) is 4.79 Å². The van der Waals surface area contributed by atoms with Gasteiger partial charge in [0, 0.05) is 10.9 Å². The lowest BCUT2D eigenvalue weighted by Crippen LogP contribution is -2.30. The van der Waals surface area contributed by atoms with Crippen LogP contribution in [0.2, 0.25) is 0 Å². The molecule has 0 aromatic carbocycles. The van der Waals surface area contributed by atoms with E-state index in [1.54, 1.807) is 6.07 Å². The van der Waals surface area contributed by atoms with Crippen molar-refractivity contribution in [2.24, 2.45) is 0 Å². The summed E-state index contributed by atoms with van der Waals surface area (Å²) in [6.45, 7) is 5.79. The SMILES string of the molecule is Cc1cc(C(=O)NC(C)C)ns1. The van der Waals surface area contributed by atoms with Gasteiger partial charge < -0.3 is 5.32 Å². The largest absolute Gasteiger partial charge is 0.348 e. The molecule has 0 aliphatic carbocycles. The predicted octanol–water partition coefficient (Wildman–Crippen LogP) is 1.59. The second kappa shape index (κ2) is 3.67. The first-order chi connectivity index (χ1) is 5.59. The Labute approximate surface area is 76.0 Å². The van der Waals surface area contributed by atoms with Crippen LogP contribution < -0.4 is 5.32 Å². The van der Waals surface area contributed by atoms with Gasteiger partial charge in [0.2, 0.25) is 0 Å². The van der Waals surface area contributed by atoms with E-state index in [1.807, 2.05) is 20.8 Å². The Kier molecular flexibility index (Phi) is 2.81. The highest BCUT2D eigenvalue weighted by Gasteiger charge is 2.09. The number of rotatable bonds is 2. The Morgan fingerprint density at radius 1 is 1.67 bits per heavy atom. The summed E-state index contributed by atoms with van der Waals surface area (Å²) < 4.78 is 4.00. The third kappa shape index (κ3) is 2.30. The average molecular weight is 184 g/mol. The molecule has 0 saturated carbocycles. The molecule has 66 valence electrons. The topological polar surface area (TPSA) is 42.0 Å². The van der Waals surface area contributed by atoms with E-state index in [4.69, 9.17) is 0 Å². The number of carbonyl (C=O) groups excluding carboxylic acids is 1. The van der Waals surface area contributed by atoms with Crippen LogP contribution in [0.1, 0.15) is 29.2 Å². The van der Waals surface area contributed by atoms with Crippen molar-refractivity contribution in [3.8, 4) is 0 Å². The van der Waals surface area contributed by atoms with Gasteiger partial charge in [-0.15, -0.1) is 0 Å². The van der Waals surface area contributed by atoms with Gasteiger partial charge in [0.1, 0.15) is 5.69 Å². The highest BCUT2D eigenvalue weighted by Crippen LogP contribution is 2.07. The number of hydrogen-bond donors (Lipinski definition) is 1. The molecule has 12 heavy (non-hydrogen) atoms. The Bertz CT molecular complexity index is 280. The molecule has 0 atom stereocenters. The second-order valence-electron chi connectivity index (χ2n) is 2.95. The van der Waals surface area contributed by atoms with Gasteiger partial charge in [0.05, 0.1) is 0 Å². The van der Waals surface area contributed by atoms with Crippen molar-refractivity contribution < 1.29 is 4.79 Å². The molecule has 0 radical (unpaired) electrons. The number of amides is 1. The number of hydrogen-bond acceptors (Lipinski definition) is 3. The molecule has 4 heteroatoms. The molecular weight excluding hydrogens is 172 g/mol. The van der Waals surface area contributed by atoms with E-state index in [9.17, 15) is 4.79 Å². The number of nitrogens with zero attached hydrogens (tertiary/aromatic N) is 1. The molecule has 1 amide bonds. The van der Waals surface area contributed by atoms with Crippen LogP contribution in [0.4, 0.5) is 0 Å². The zero-order chi connectivity index (χ0) is 9.14. The predicted molar refractivity (Wildman–Crippen MR) is 49.5 cm³/mol. The van der Waals surface area contributed by atoms with Crippen molar-refractivity contribution in [2.75, 3.05) is 0 Å². The van der Waals surface area contributed by atoms with Gasteiger partial charge in [0.15, 0.2) is 0 Å². The molecule has 0 bridgehead atoms. The van der Waals surface area contributed by atoms with Gasteiger partial charge in [-0.1, -0.05) is 0 Å². The smallest absolute Gasteiger partial charge is 0.271 e. The van der Waals surface area contributed by atoms with Crippen LogP contribution in [-0.2, 0) is 0 Å². The van der Waals surface area contributed by atoms with Crippen LogP contribution in [0.3, 0.4) is 0 Å². The molecule has 1 aromatic heterocycles. The number of nitrogens with one attached hydrogen (secondary N) is 1. The van der Waals surface area contributed by atoms with Gasteiger partial charge in [-0.25, -0.2) is 0 Å². The summed E-state index contributed by atoms with van der Waals surface area (Å²) in [6, 6.07) is 1.96. The minimum atomic E-state index is -0.0886. The summed E-state index contributed by atoms with van der Waals surface area (Å²) >= 11 is 1.35. The third-order valence-electron chi connectivity index (χ3n) is 1.28. The van der Waals surface area contributed by atoms with Crippen molar-refractivity contribution in [3.05, 3.63) is 16.6 Å². The van der Waals surface area contributed by atoms with Crippen LogP contribution >= 0.6 is 11.5 Å². The Morgan fingerprint density at radius 3 is 2.75 bits per heavy atom. The fourth-order valence-corrected chi connectivity index (χ4v) is 1.35. The average Bonchev–Trinajstić information content (AvgIpc) is 2.34. The molecule has 1 aromatic rings. The minimum absolute atomic E-state index is 0.0886. The summed E-state index contributed by atoms with van der Waals surface area (Å²) in [5.74, 6) is -0.0886. The molecule has 1 rings (SSSR count). The number of carbonyl (C=O) groups is 1. The number of aromatic nitrogens is 1. The summed E-state index contributed by atoms with van der Waals surface area (Å²) in [5, 5.41) is 2.78. The molecule has 1 heterocycles. The lowest BCUT2D eigenvalue weighted by atomic mass is 10.3. The highest BCUT2D eigenvalue weighted by molar-refractivity contribution is 7.05. The van der Waals surface area contributed by atoms with Crippen LogP contribution in [0, 0.1) is 6.92 Å². The van der Waals surface area contributed by atoms with Crippen LogP contribution in [0.5, 0.6) is 0 Å². The van der Waals surface area contributed by atoms with E-state index in [1.165, 1.54) is 11.5 Å². The van der Waals surface area contributed by atoms with Gasteiger partial charge >= 0.3 is 0 Å². The van der Waals surface area contributed by atoms with Crippen molar-refractivity contribution >= 4 is 17.4 Å². The Morgan fingerprint density at radius 2 is 2.33 bits per heavy atom. The van der Waals surface area contributed by atoms with E-state index in [-0.39, 0.29) is 11.9 Å². The standard InChI is InChI=1S/C8H12N2OS/c1-5(2)9-8(11)7-4-6(3)12-10-7/h4-5H,1-3H3,(H,9,11). The van der Waals surface area contributed by atoms with Gasteiger partial charge in [-0.05, 0) is 38.4 Å². The number of aryl methyl sites for hydroxylation is 1. The summed E-state index contributed by atoms with van der Waals surface area (Å²) in [6.07, 6.45) is 0. The summed E-state index contributed by atoms with van der Waals surface area (Å²) in [5.41, 5.74) is 0.520. The first-order valence-electron chi connectivity index (χ1n) is 3.84. The maximum absolute atomic E-state index is 11.3. The van der Waals surface area contributed by atoms with E-state index >= 15 is 0 Å². The molecular formula is C8H12N2OS. The minimum Gasteiger partial charge on any atom is -0.348 e. The first kappa shape index (κ1) is 9.19. The van der Waals surface area contributed by atoms with Crippen molar-refractivity contribution in [1.29, 1.82) is 0 Å². The zero-order valence-corrected chi connectivity index (χ0v) is 8.23. The van der Waals surface area contributed by atoms with Crippen LogP contribution in [0.15, 0.2) is 6.07 Å². The monoisotopic (exact) mass is 184 g/mol. The first-order valence-corrected chi connectivity index (χ1v) is 4.61. The maximum Gasteiger partial charge on any atom is 0.271 e. The Hall–Kier alpha value is -0.900. The molecule has 0 spiro atoms. The van der Waals surface area contributed by atoms with Crippen molar-refractivity contribution in [3.63, 3.8) is 0 Å². The molecule has 0 aliphatic heterocycles. The van der Waals surface area contributed by atoms with Crippen molar-refractivity contribution in [2.45, 2.75) is 26.8 Å². The molecule has 0 saturated heterocycles. The lowest BCUT2D eigenvalue weighted by Gasteiger charge is -2.04. The zero-order valence-electron chi connectivity index (χ0n) is 7.42. The highest BCUT2D eigenvalue weighted by atomic mass is 32.1. The molecule has 0 unspecified atom stereocenters. The fraction of sp³-hybridized carbons (Fsp3) is 0.500. The van der Waals surface area contributed by atoms with Gasteiger partial charge in [0.25, 0.3) is 5.91 Å². The molecule has 0 fully saturated rings. The van der Waals surface area contributed by atoms with E-state index in [0.717, 1.165) is 4.88 Å². The fourth-order valence-electron chi connectivity index (χ4n) is 0.810. The molecule has 0 aliphatic rings. The van der Waals surface area contributed by atoms with Crippen LogP contribution in [0.25, 0.3) is 0 Å². The quantitative estimate of drug-likeness (QED) is 0.758. The van der Waals surface area contributed by atoms with Crippen molar-refractivity contribution in [1.82, 2.24) is 9.69 Å². The van der Waals surface area contributed by atoms with Crippen LogP contribution in [-0.4, -0.2) is 16.3 Å². The normalized spacial score (nSPS) is 10.3. The summed E-state index contributed by atoms with van der Waals surface area (Å²) in [4.78, 5) is 12.4. The molecule has 3 nitrogen and oxygen atoms in total.